The predicted octanol–water partition coefficient (Wildman–Crippen LogP) is 4.86. The summed E-state index contributed by atoms with van der Waals surface area (Å²) in [4.78, 5) is 10.6. The molecule has 0 saturated carbocycles. The minimum absolute atomic E-state index is 0. The van der Waals surface area contributed by atoms with Gasteiger partial charge >= 0.3 is 6.61 Å². The van der Waals surface area contributed by atoms with Crippen LogP contribution in [0.1, 0.15) is 11.5 Å². The fourth-order valence-corrected chi connectivity index (χ4v) is 2.99. The van der Waals surface area contributed by atoms with Crippen molar-refractivity contribution in [2.45, 2.75) is 19.6 Å². The molecule has 1 heterocycles. The van der Waals surface area contributed by atoms with E-state index in [9.17, 15) is 8.78 Å². The first kappa shape index (κ1) is 25.8. The van der Waals surface area contributed by atoms with Gasteiger partial charge in [-0.15, -0.1) is 24.0 Å². The number of nitrogens with one attached hydrogen (secondary N) is 1. The van der Waals surface area contributed by atoms with Crippen molar-refractivity contribution in [1.82, 2.24) is 20.4 Å². The topological polar surface area (TPSA) is 75.8 Å². The molecule has 3 rings (SSSR count). The minimum atomic E-state index is -2.84. The summed E-state index contributed by atoms with van der Waals surface area (Å²) in [6.45, 7) is -1.76. The van der Waals surface area contributed by atoms with Crippen molar-refractivity contribution in [3.05, 3.63) is 65.0 Å². The Kier molecular flexibility index (Phi) is 10.1. The molecule has 172 valence electrons. The number of hydrogen-bond donors (Lipinski definition) is 1. The number of aliphatic imine (C=N–C) groups is 1. The van der Waals surface area contributed by atoms with Crippen LogP contribution in [-0.2, 0) is 13.0 Å². The second-order valence-electron chi connectivity index (χ2n) is 6.62. The molecule has 1 aromatic heterocycles. The van der Waals surface area contributed by atoms with Crippen LogP contribution >= 0.6 is 35.6 Å². The summed E-state index contributed by atoms with van der Waals surface area (Å²) < 4.78 is 34.2. The van der Waals surface area contributed by atoms with Gasteiger partial charge in [0.05, 0.1) is 0 Å². The quantitative estimate of drug-likeness (QED) is 0.234. The Balaban J connectivity index is 0.00000363. The SMILES string of the molecule is CN=C(NCCc1nc(-c2ccc(Cl)cc2)no1)N(C)Cc1ccc(OC(F)F)cc1.I. The number of guanidine groups is 1. The van der Waals surface area contributed by atoms with Gasteiger partial charge in [-0.1, -0.05) is 28.9 Å². The third-order valence-electron chi connectivity index (χ3n) is 4.33. The van der Waals surface area contributed by atoms with E-state index in [-0.39, 0.29) is 29.7 Å². The summed E-state index contributed by atoms with van der Waals surface area (Å²) >= 11 is 5.90. The van der Waals surface area contributed by atoms with E-state index in [4.69, 9.17) is 16.1 Å². The number of benzene rings is 2. The van der Waals surface area contributed by atoms with Gasteiger partial charge in [-0.05, 0) is 42.0 Å². The van der Waals surface area contributed by atoms with E-state index < -0.39 is 6.61 Å². The maximum absolute atomic E-state index is 12.3. The van der Waals surface area contributed by atoms with Crippen molar-refractivity contribution in [1.29, 1.82) is 0 Å². The Morgan fingerprint density at radius 2 is 1.88 bits per heavy atom. The van der Waals surface area contributed by atoms with Crippen molar-refractivity contribution >= 4 is 41.5 Å². The van der Waals surface area contributed by atoms with E-state index in [1.165, 1.54) is 12.1 Å². The summed E-state index contributed by atoms with van der Waals surface area (Å²) in [6, 6.07) is 13.7. The maximum atomic E-state index is 12.3. The molecule has 0 amide bonds. The molecule has 0 radical (unpaired) electrons. The van der Waals surface area contributed by atoms with Gasteiger partial charge in [0.15, 0.2) is 5.96 Å². The molecule has 0 aliphatic heterocycles. The van der Waals surface area contributed by atoms with Gasteiger partial charge in [0.25, 0.3) is 0 Å². The number of hydrogen-bond acceptors (Lipinski definition) is 5. The second kappa shape index (κ2) is 12.5. The fraction of sp³-hybridized carbons (Fsp3) is 0.286. The molecule has 0 fully saturated rings. The monoisotopic (exact) mass is 577 g/mol. The molecule has 3 aromatic rings. The van der Waals surface area contributed by atoms with Gasteiger partial charge in [0.1, 0.15) is 5.75 Å². The van der Waals surface area contributed by atoms with Crippen molar-refractivity contribution in [2.75, 3.05) is 20.6 Å². The highest BCUT2D eigenvalue weighted by molar-refractivity contribution is 14.0. The predicted molar refractivity (Wildman–Crippen MR) is 130 cm³/mol. The normalized spacial score (nSPS) is 11.2. The average molecular weight is 578 g/mol. The van der Waals surface area contributed by atoms with Crippen LogP contribution in [-0.4, -0.2) is 48.3 Å². The number of aromatic nitrogens is 2. The molecule has 0 aliphatic rings. The van der Waals surface area contributed by atoms with E-state index >= 15 is 0 Å². The lowest BCUT2D eigenvalue weighted by Gasteiger charge is -2.22. The summed E-state index contributed by atoms with van der Waals surface area (Å²) in [7, 11) is 3.56. The zero-order chi connectivity index (χ0) is 22.2. The van der Waals surface area contributed by atoms with Crippen molar-refractivity contribution in [2.24, 2.45) is 4.99 Å². The molecule has 0 saturated heterocycles. The molecule has 0 bridgehead atoms. The molecule has 11 heteroatoms. The number of rotatable bonds is 8. The molecular formula is C21H23ClF2IN5O2. The first-order valence-corrected chi connectivity index (χ1v) is 9.86. The lowest BCUT2D eigenvalue weighted by molar-refractivity contribution is -0.0498. The van der Waals surface area contributed by atoms with Crippen LogP contribution < -0.4 is 10.1 Å². The van der Waals surface area contributed by atoms with Crippen LogP contribution in [0.3, 0.4) is 0 Å². The van der Waals surface area contributed by atoms with E-state index in [2.05, 4.69) is 25.2 Å². The standard InChI is InChI=1S/C21H22ClF2N5O2.HI/c1-25-21(29(2)13-14-3-9-17(10-4-14)30-20(23)24)26-12-11-18-27-19(28-31-18)15-5-7-16(22)8-6-15;/h3-10,20H,11-13H2,1-2H3,(H,25,26);1H. The van der Waals surface area contributed by atoms with Crippen LogP contribution in [0.25, 0.3) is 11.4 Å². The summed E-state index contributed by atoms with van der Waals surface area (Å²) in [6.07, 6.45) is 0.521. The Morgan fingerprint density at radius 1 is 1.19 bits per heavy atom. The summed E-state index contributed by atoms with van der Waals surface area (Å²) in [5, 5.41) is 7.88. The third kappa shape index (κ3) is 7.59. The zero-order valence-electron chi connectivity index (χ0n) is 17.5. The van der Waals surface area contributed by atoms with Crippen LogP contribution in [0.2, 0.25) is 5.02 Å². The van der Waals surface area contributed by atoms with E-state index in [0.717, 1.165) is 11.1 Å². The average Bonchev–Trinajstić information content (AvgIpc) is 3.21. The van der Waals surface area contributed by atoms with Gasteiger partial charge < -0.3 is 19.5 Å². The van der Waals surface area contributed by atoms with Gasteiger partial charge in [0.2, 0.25) is 11.7 Å². The Hall–Kier alpha value is -2.47. The zero-order valence-corrected chi connectivity index (χ0v) is 20.6. The highest BCUT2D eigenvalue weighted by Crippen LogP contribution is 2.19. The van der Waals surface area contributed by atoms with Crippen LogP contribution in [0.4, 0.5) is 8.78 Å². The summed E-state index contributed by atoms with van der Waals surface area (Å²) in [5.74, 6) is 1.81. The number of halogens is 4. The van der Waals surface area contributed by atoms with E-state index in [1.807, 2.05) is 24.1 Å². The highest BCUT2D eigenvalue weighted by Gasteiger charge is 2.11. The van der Waals surface area contributed by atoms with E-state index in [0.29, 0.717) is 42.2 Å². The Morgan fingerprint density at radius 3 is 2.50 bits per heavy atom. The van der Waals surface area contributed by atoms with Crippen molar-refractivity contribution in [3.63, 3.8) is 0 Å². The number of nitrogens with zero attached hydrogens (tertiary/aromatic N) is 4. The Labute approximate surface area is 206 Å². The summed E-state index contributed by atoms with van der Waals surface area (Å²) in [5.41, 5.74) is 1.75. The highest BCUT2D eigenvalue weighted by atomic mass is 127. The fourth-order valence-electron chi connectivity index (χ4n) is 2.86. The van der Waals surface area contributed by atoms with Crippen molar-refractivity contribution < 1.29 is 18.0 Å². The third-order valence-corrected chi connectivity index (χ3v) is 4.59. The van der Waals surface area contributed by atoms with Gasteiger partial charge in [-0.25, -0.2) is 0 Å². The first-order valence-electron chi connectivity index (χ1n) is 9.48. The number of ether oxygens (including phenoxy) is 1. The first-order chi connectivity index (χ1) is 14.9. The molecular weight excluding hydrogens is 555 g/mol. The van der Waals surface area contributed by atoms with Crippen LogP contribution in [0.5, 0.6) is 5.75 Å². The van der Waals surface area contributed by atoms with Gasteiger partial charge in [-0.3, -0.25) is 4.99 Å². The molecule has 1 N–H and O–H groups in total. The molecule has 7 nitrogen and oxygen atoms in total. The Bertz CT molecular complexity index is 1000. The van der Waals surface area contributed by atoms with Crippen LogP contribution in [0, 0.1) is 0 Å². The van der Waals surface area contributed by atoms with E-state index in [1.54, 1.807) is 31.3 Å². The van der Waals surface area contributed by atoms with Gasteiger partial charge in [-0.2, -0.15) is 13.8 Å². The molecule has 0 spiro atoms. The smallest absolute Gasteiger partial charge is 0.387 e. The number of alkyl halides is 2. The molecule has 0 aliphatic carbocycles. The lowest BCUT2D eigenvalue weighted by atomic mass is 10.2. The van der Waals surface area contributed by atoms with Gasteiger partial charge in [0, 0.05) is 44.2 Å². The van der Waals surface area contributed by atoms with Crippen LogP contribution in [0.15, 0.2) is 58.0 Å². The molecule has 2 aromatic carbocycles. The molecule has 32 heavy (non-hydrogen) atoms. The van der Waals surface area contributed by atoms with Crippen molar-refractivity contribution in [3.8, 4) is 17.1 Å². The molecule has 0 unspecified atom stereocenters. The maximum Gasteiger partial charge on any atom is 0.387 e. The largest absolute Gasteiger partial charge is 0.435 e. The second-order valence-corrected chi connectivity index (χ2v) is 7.06. The minimum Gasteiger partial charge on any atom is -0.435 e. The molecule has 0 atom stereocenters. The lowest BCUT2D eigenvalue weighted by Crippen LogP contribution is -2.39.